The number of nitrogens with one attached hydrogen (secondary N) is 3. The third kappa shape index (κ3) is 5.16. The van der Waals surface area contributed by atoms with E-state index in [2.05, 4.69) is 62.9 Å². The van der Waals surface area contributed by atoms with E-state index in [0.29, 0.717) is 12.1 Å². The van der Waals surface area contributed by atoms with Gasteiger partial charge in [0.05, 0.1) is 0 Å². The van der Waals surface area contributed by atoms with Crippen LogP contribution in [0.15, 0.2) is 36.7 Å². The monoisotopic (exact) mass is 446 g/mol. The van der Waals surface area contributed by atoms with Gasteiger partial charge in [0.15, 0.2) is 0 Å². The molecule has 1 saturated carbocycles. The van der Waals surface area contributed by atoms with Crippen molar-refractivity contribution in [3.05, 3.63) is 36.7 Å². The molecule has 176 valence electrons. The zero-order valence-electron chi connectivity index (χ0n) is 19.9. The molecular formula is C27H38N6. The average molecular weight is 447 g/mol. The summed E-state index contributed by atoms with van der Waals surface area (Å²) in [5, 5.41) is 11.7. The van der Waals surface area contributed by atoms with Crippen LogP contribution in [-0.4, -0.2) is 40.2 Å². The number of fused-ring (bicyclic) bond motifs is 1. The highest BCUT2D eigenvalue weighted by atomic mass is 15.2. The van der Waals surface area contributed by atoms with Gasteiger partial charge in [-0.1, -0.05) is 44.7 Å². The maximum atomic E-state index is 4.99. The first kappa shape index (κ1) is 22.2. The first-order chi connectivity index (χ1) is 16.3. The molecule has 5 rings (SSSR count). The van der Waals surface area contributed by atoms with E-state index in [1.165, 1.54) is 68.2 Å². The Morgan fingerprint density at radius 1 is 1.03 bits per heavy atom. The van der Waals surface area contributed by atoms with E-state index in [1.807, 2.05) is 6.20 Å². The lowest BCUT2D eigenvalue weighted by atomic mass is 9.95. The predicted octanol–water partition coefficient (Wildman–Crippen LogP) is 5.98. The van der Waals surface area contributed by atoms with Gasteiger partial charge >= 0.3 is 0 Å². The highest BCUT2D eigenvalue weighted by molar-refractivity contribution is 5.94. The van der Waals surface area contributed by atoms with E-state index in [9.17, 15) is 0 Å². The summed E-state index contributed by atoms with van der Waals surface area (Å²) in [6.07, 6.45) is 15.5. The summed E-state index contributed by atoms with van der Waals surface area (Å²) in [4.78, 5) is 9.65. The van der Waals surface area contributed by atoms with Gasteiger partial charge < -0.3 is 20.5 Å². The molecule has 6 nitrogen and oxygen atoms in total. The van der Waals surface area contributed by atoms with Crippen LogP contribution >= 0.6 is 0 Å². The van der Waals surface area contributed by atoms with Crippen molar-refractivity contribution in [3.8, 4) is 11.1 Å². The van der Waals surface area contributed by atoms with E-state index in [0.717, 1.165) is 43.0 Å². The second-order valence-corrected chi connectivity index (χ2v) is 9.70. The standard InChI is InChI=1S/C27H38N6/c1-2-3-15-29-27-30-18-24-25(19-33(26(24)32-27)23-7-5-4-6-8-23)20-9-11-21(12-10-20)31-22-13-16-28-17-14-22/h9-12,18-19,22-23,28,31H,2-8,13-17H2,1H3,(H,29,30,32). The van der Waals surface area contributed by atoms with Crippen molar-refractivity contribution in [2.24, 2.45) is 0 Å². The highest BCUT2D eigenvalue weighted by Gasteiger charge is 2.21. The molecule has 6 heteroatoms. The van der Waals surface area contributed by atoms with E-state index in [-0.39, 0.29) is 0 Å². The smallest absolute Gasteiger partial charge is 0.224 e. The number of hydrogen-bond acceptors (Lipinski definition) is 5. The minimum absolute atomic E-state index is 0.536. The summed E-state index contributed by atoms with van der Waals surface area (Å²) >= 11 is 0. The van der Waals surface area contributed by atoms with Crippen LogP contribution in [0, 0.1) is 0 Å². The van der Waals surface area contributed by atoms with Crippen LogP contribution in [-0.2, 0) is 0 Å². The molecule has 0 unspecified atom stereocenters. The normalized spacial score (nSPS) is 18.0. The summed E-state index contributed by atoms with van der Waals surface area (Å²) in [6.45, 7) is 5.33. The lowest BCUT2D eigenvalue weighted by Crippen LogP contribution is -2.35. The van der Waals surface area contributed by atoms with Gasteiger partial charge in [-0.3, -0.25) is 0 Å². The second-order valence-electron chi connectivity index (χ2n) is 9.70. The molecule has 0 radical (unpaired) electrons. The van der Waals surface area contributed by atoms with Gasteiger partial charge in [0.1, 0.15) is 5.65 Å². The fourth-order valence-corrected chi connectivity index (χ4v) is 5.31. The molecule has 0 atom stereocenters. The Morgan fingerprint density at radius 3 is 2.58 bits per heavy atom. The molecule has 3 N–H and O–H groups in total. The Bertz CT molecular complexity index is 1030. The number of nitrogens with zero attached hydrogens (tertiary/aromatic N) is 3. The van der Waals surface area contributed by atoms with Gasteiger partial charge in [-0.15, -0.1) is 0 Å². The largest absolute Gasteiger partial charge is 0.382 e. The molecule has 1 aliphatic carbocycles. The number of benzene rings is 1. The van der Waals surface area contributed by atoms with Crippen LogP contribution in [0.5, 0.6) is 0 Å². The third-order valence-corrected chi connectivity index (χ3v) is 7.26. The topological polar surface area (TPSA) is 66.8 Å². The summed E-state index contributed by atoms with van der Waals surface area (Å²) in [5.41, 5.74) is 4.76. The van der Waals surface area contributed by atoms with Crippen molar-refractivity contribution >= 4 is 22.7 Å². The van der Waals surface area contributed by atoms with E-state index < -0.39 is 0 Å². The highest BCUT2D eigenvalue weighted by Crippen LogP contribution is 2.37. The molecule has 2 aliphatic rings. The Balaban J connectivity index is 1.44. The summed E-state index contributed by atoms with van der Waals surface area (Å²) in [5.74, 6) is 0.749. The van der Waals surface area contributed by atoms with Crippen molar-refractivity contribution in [1.82, 2.24) is 19.9 Å². The first-order valence-corrected chi connectivity index (χ1v) is 13.0. The lowest BCUT2D eigenvalue weighted by molar-refractivity contribution is 0.360. The van der Waals surface area contributed by atoms with E-state index >= 15 is 0 Å². The van der Waals surface area contributed by atoms with E-state index in [4.69, 9.17) is 4.98 Å². The van der Waals surface area contributed by atoms with Crippen LogP contribution in [0.25, 0.3) is 22.2 Å². The molecule has 33 heavy (non-hydrogen) atoms. The second kappa shape index (κ2) is 10.6. The molecule has 2 aromatic heterocycles. The Hall–Kier alpha value is -2.60. The predicted molar refractivity (Wildman–Crippen MR) is 138 cm³/mol. The number of rotatable bonds is 8. The van der Waals surface area contributed by atoms with Gasteiger partial charge in [0.25, 0.3) is 0 Å². The van der Waals surface area contributed by atoms with Crippen molar-refractivity contribution in [3.63, 3.8) is 0 Å². The number of anilines is 2. The molecule has 1 saturated heterocycles. The fraction of sp³-hybridized carbons (Fsp3) is 0.556. The van der Waals surface area contributed by atoms with Gasteiger partial charge in [-0.25, -0.2) is 4.98 Å². The van der Waals surface area contributed by atoms with Gasteiger partial charge in [0.2, 0.25) is 5.95 Å². The zero-order chi connectivity index (χ0) is 22.5. The third-order valence-electron chi connectivity index (χ3n) is 7.26. The van der Waals surface area contributed by atoms with Crippen molar-refractivity contribution in [1.29, 1.82) is 0 Å². The van der Waals surface area contributed by atoms with Gasteiger partial charge in [-0.05, 0) is 62.9 Å². The first-order valence-electron chi connectivity index (χ1n) is 13.0. The van der Waals surface area contributed by atoms with Gasteiger partial charge in [-0.2, -0.15) is 4.98 Å². The van der Waals surface area contributed by atoms with E-state index in [1.54, 1.807) is 0 Å². The Labute approximate surface area is 197 Å². The molecule has 0 bridgehead atoms. The number of piperidine rings is 1. The number of aromatic nitrogens is 3. The minimum atomic E-state index is 0.536. The molecule has 3 aromatic rings. The van der Waals surface area contributed by atoms with Crippen LogP contribution in [0.2, 0.25) is 0 Å². The summed E-state index contributed by atoms with van der Waals surface area (Å²) in [6, 6.07) is 10.0. The fourth-order valence-electron chi connectivity index (χ4n) is 5.31. The Kier molecular flexibility index (Phi) is 7.10. The maximum absolute atomic E-state index is 4.99. The van der Waals surface area contributed by atoms with Crippen LogP contribution < -0.4 is 16.0 Å². The minimum Gasteiger partial charge on any atom is -0.382 e. The van der Waals surface area contributed by atoms with Crippen molar-refractivity contribution < 1.29 is 0 Å². The van der Waals surface area contributed by atoms with Crippen LogP contribution in [0.4, 0.5) is 11.6 Å². The number of hydrogen-bond donors (Lipinski definition) is 3. The van der Waals surface area contributed by atoms with Crippen molar-refractivity contribution in [2.75, 3.05) is 30.3 Å². The molecule has 0 amide bonds. The Morgan fingerprint density at radius 2 is 1.82 bits per heavy atom. The average Bonchev–Trinajstić information content (AvgIpc) is 3.25. The summed E-state index contributed by atoms with van der Waals surface area (Å²) in [7, 11) is 0. The quantitative estimate of drug-likeness (QED) is 0.372. The van der Waals surface area contributed by atoms with Crippen LogP contribution in [0.3, 0.4) is 0 Å². The van der Waals surface area contributed by atoms with Gasteiger partial charge in [0, 0.05) is 47.7 Å². The molecule has 1 aromatic carbocycles. The zero-order valence-corrected chi connectivity index (χ0v) is 19.9. The number of unbranched alkanes of at least 4 members (excludes halogenated alkanes) is 1. The molecule has 2 fully saturated rings. The summed E-state index contributed by atoms with van der Waals surface area (Å²) < 4.78 is 2.44. The maximum Gasteiger partial charge on any atom is 0.224 e. The van der Waals surface area contributed by atoms with Crippen LogP contribution in [0.1, 0.15) is 70.8 Å². The molecule has 1 aliphatic heterocycles. The SMILES string of the molecule is CCCCNc1ncc2c(-c3ccc(NC4CCNCC4)cc3)cn(C3CCCCC3)c2n1. The molecule has 3 heterocycles. The molecular weight excluding hydrogens is 408 g/mol. The lowest BCUT2D eigenvalue weighted by Gasteiger charge is -2.24. The van der Waals surface area contributed by atoms with Crippen molar-refractivity contribution in [2.45, 2.75) is 76.8 Å². The molecule has 0 spiro atoms.